The first-order chi connectivity index (χ1) is 10.3. The Hall–Kier alpha value is -1.58. The molecule has 0 aromatic carbocycles. The lowest BCUT2D eigenvalue weighted by atomic mass is 9.97. The second kappa shape index (κ2) is 8.01. The Kier molecular flexibility index (Phi) is 6.03. The molecule has 2 heterocycles. The fraction of sp³-hybridized carbons (Fsp3) is 0.647. The van der Waals surface area contributed by atoms with Crippen LogP contribution in [0.15, 0.2) is 18.3 Å². The molecule has 0 radical (unpaired) electrons. The highest BCUT2D eigenvalue weighted by Gasteiger charge is 2.26. The lowest BCUT2D eigenvalue weighted by Crippen LogP contribution is -2.43. The van der Waals surface area contributed by atoms with E-state index >= 15 is 0 Å². The standard InChI is InChI=1S/C17H27N3O/c1-3-7-15-8-5-6-12-20(15)17(21)14-9-11-19-16(13-14)18-10-4-2/h9,11,13,15H,3-8,10,12H2,1-2H3,(H,18,19). The minimum absolute atomic E-state index is 0.162. The van der Waals surface area contributed by atoms with E-state index in [-0.39, 0.29) is 5.91 Å². The minimum atomic E-state index is 0.162. The van der Waals surface area contributed by atoms with Gasteiger partial charge >= 0.3 is 0 Å². The van der Waals surface area contributed by atoms with E-state index in [2.05, 4.69) is 29.0 Å². The molecule has 1 fully saturated rings. The van der Waals surface area contributed by atoms with E-state index in [1.807, 2.05) is 12.1 Å². The smallest absolute Gasteiger partial charge is 0.254 e. The zero-order valence-corrected chi connectivity index (χ0v) is 13.3. The number of carbonyl (C=O) groups excluding carboxylic acids is 1. The van der Waals surface area contributed by atoms with Gasteiger partial charge in [-0.05, 0) is 44.2 Å². The van der Waals surface area contributed by atoms with Gasteiger partial charge in [-0.2, -0.15) is 0 Å². The number of piperidine rings is 1. The molecule has 1 aliphatic heterocycles. The highest BCUT2D eigenvalue weighted by molar-refractivity contribution is 5.95. The first-order valence-corrected chi connectivity index (χ1v) is 8.27. The Bertz CT molecular complexity index is 459. The third kappa shape index (κ3) is 4.19. The molecule has 1 unspecified atom stereocenters. The maximum Gasteiger partial charge on any atom is 0.254 e. The highest BCUT2D eigenvalue weighted by atomic mass is 16.2. The number of aromatic nitrogens is 1. The summed E-state index contributed by atoms with van der Waals surface area (Å²) in [5.41, 5.74) is 0.756. The second-order valence-corrected chi connectivity index (χ2v) is 5.79. The maximum absolute atomic E-state index is 12.8. The van der Waals surface area contributed by atoms with Gasteiger partial charge in [0.05, 0.1) is 0 Å². The van der Waals surface area contributed by atoms with E-state index < -0.39 is 0 Å². The Labute approximate surface area is 127 Å². The van der Waals surface area contributed by atoms with Crippen LogP contribution in [0.1, 0.15) is 62.7 Å². The van der Waals surface area contributed by atoms with E-state index in [9.17, 15) is 4.79 Å². The van der Waals surface area contributed by atoms with Crippen molar-refractivity contribution in [3.8, 4) is 0 Å². The van der Waals surface area contributed by atoms with Crippen LogP contribution in [0.25, 0.3) is 0 Å². The van der Waals surface area contributed by atoms with Gasteiger partial charge in [0.1, 0.15) is 5.82 Å². The summed E-state index contributed by atoms with van der Waals surface area (Å²) in [6.45, 7) is 6.08. The number of anilines is 1. The Morgan fingerprint density at radius 1 is 1.38 bits per heavy atom. The summed E-state index contributed by atoms with van der Waals surface area (Å²) in [5.74, 6) is 0.960. The molecule has 21 heavy (non-hydrogen) atoms. The molecule has 0 aliphatic carbocycles. The van der Waals surface area contributed by atoms with Crippen molar-refractivity contribution in [2.45, 2.75) is 58.4 Å². The van der Waals surface area contributed by atoms with Crippen LogP contribution in [-0.2, 0) is 0 Å². The third-order valence-electron chi connectivity index (χ3n) is 4.07. The van der Waals surface area contributed by atoms with Gasteiger partial charge in [0.25, 0.3) is 5.91 Å². The summed E-state index contributed by atoms with van der Waals surface area (Å²) >= 11 is 0. The topological polar surface area (TPSA) is 45.2 Å². The Morgan fingerprint density at radius 2 is 2.24 bits per heavy atom. The predicted molar refractivity (Wildman–Crippen MR) is 86.6 cm³/mol. The summed E-state index contributed by atoms with van der Waals surface area (Å²) < 4.78 is 0. The minimum Gasteiger partial charge on any atom is -0.370 e. The molecule has 1 amide bonds. The monoisotopic (exact) mass is 289 g/mol. The van der Waals surface area contributed by atoms with Crippen LogP contribution < -0.4 is 5.32 Å². The van der Waals surface area contributed by atoms with Crippen molar-refractivity contribution in [1.82, 2.24) is 9.88 Å². The van der Waals surface area contributed by atoms with Gasteiger partial charge in [0.15, 0.2) is 0 Å². The molecular formula is C17H27N3O. The van der Waals surface area contributed by atoms with Gasteiger partial charge in [-0.3, -0.25) is 4.79 Å². The fourth-order valence-electron chi connectivity index (χ4n) is 2.98. The normalized spacial score (nSPS) is 18.6. The van der Waals surface area contributed by atoms with Gasteiger partial charge in [-0.15, -0.1) is 0 Å². The number of hydrogen-bond acceptors (Lipinski definition) is 3. The van der Waals surface area contributed by atoms with E-state index in [0.717, 1.165) is 56.6 Å². The number of hydrogen-bond donors (Lipinski definition) is 1. The molecule has 0 saturated carbocycles. The molecule has 1 atom stereocenters. The SMILES string of the molecule is CCCNc1cc(C(=O)N2CCCCC2CCC)ccn1. The van der Waals surface area contributed by atoms with Crippen LogP contribution in [0.5, 0.6) is 0 Å². The Morgan fingerprint density at radius 3 is 3.00 bits per heavy atom. The van der Waals surface area contributed by atoms with Crippen molar-refractivity contribution in [3.63, 3.8) is 0 Å². The summed E-state index contributed by atoms with van der Waals surface area (Å²) in [4.78, 5) is 19.1. The van der Waals surface area contributed by atoms with Gasteiger partial charge in [-0.25, -0.2) is 4.98 Å². The summed E-state index contributed by atoms with van der Waals surface area (Å²) in [5, 5.41) is 3.25. The number of nitrogens with zero attached hydrogens (tertiary/aromatic N) is 2. The van der Waals surface area contributed by atoms with Crippen LogP contribution in [0, 0.1) is 0 Å². The van der Waals surface area contributed by atoms with Crippen LogP contribution >= 0.6 is 0 Å². The number of pyridine rings is 1. The van der Waals surface area contributed by atoms with E-state index in [1.165, 1.54) is 6.42 Å². The Balaban J connectivity index is 2.10. The van der Waals surface area contributed by atoms with Crippen LogP contribution in [0.4, 0.5) is 5.82 Å². The summed E-state index contributed by atoms with van der Waals surface area (Å²) in [6.07, 6.45) is 8.53. The van der Waals surface area contributed by atoms with Gasteiger partial charge < -0.3 is 10.2 Å². The van der Waals surface area contributed by atoms with E-state index in [0.29, 0.717) is 6.04 Å². The van der Waals surface area contributed by atoms with E-state index in [1.54, 1.807) is 6.20 Å². The number of amides is 1. The summed E-state index contributed by atoms with van der Waals surface area (Å²) in [7, 11) is 0. The van der Waals surface area contributed by atoms with Crippen molar-refractivity contribution >= 4 is 11.7 Å². The van der Waals surface area contributed by atoms with Crippen molar-refractivity contribution < 1.29 is 4.79 Å². The van der Waals surface area contributed by atoms with Crippen molar-refractivity contribution in [2.75, 3.05) is 18.4 Å². The largest absolute Gasteiger partial charge is 0.370 e. The summed E-state index contributed by atoms with van der Waals surface area (Å²) in [6, 6.07) is 4.13. The lowest BCUT2D eigenvalue weighted by Gasteiger charge is -2.36. The highest BCUT2D eigenvalue weighted by Crippen LogP contribution is 2.23. The lowest BCUT2D eigenvalue weighted by molar-refractivity contribution is 0.0600. The number of nitrogens with one attached hydrogen (secondary N) is 1. The molecular weight excluding hydrogens is 262 g/mol. The predicted octanol–water partition coefficient (Wildman–Crippen LogP) is 3.70. The van der Waals surface area contributed by atoms with Crippen LogP contribution in [0.3, 0.4) is 0 Å². The molecule has 1 saturated heterocycles. The molecule has 0 bridgehead atoms. The van der Waals surface area contributed by atoms with Gasteiger partial charge in [-0.1, -0.05) is 20.3 Å². The quantitative estimate of drug-likeness (QED) is 0.868. The molecule has 4 heteroatoms. The van der Waals surface area contributed by atoms with Crippen molar-refractivity contribution in [2.24, 2.45) is 0 Å². The molecule has 1 aromatic rings. The number of carbonyl (C=O) groups is 1. The number of likely N-dealkylation sites (tertiary alicyclic amines) is 1. The molecule has 4 nitrogen and oxygen atoms in total. The fourth-order valence-corrected chi connectivity index (χ4v) is 2.98. The van der Waals surface area contributed by atoms with E-state index in [4.69, 9.17) is 0 Å². The van der Waals surface area contributed by atoms with Crippen molar-refractivity contribution in [1.29, 1.82) is 0 Å². The maximum atomic E-state index is 12.8. The first kappa shape index (κ1) is 15.8. The molecule has 1 N–H and O–H groups in total. The average Bonchev–Trinajstić information content (AvgIpc) is 2.53. The van der Waals surface area contributed by atoms with Gasteiger partial charge in [0.2, 0.25) is 0 Å². The van der Waals surface area contributed by atoms with Crippen molar-refractivity contribution in [3.05, 3.63) is 23.9 Å². The zero-order chi connectivity index (χ0) is 15.1. The molecule has 1 aromatic heterocycles. The first-order valence-electron chi connectivity index (χ1n) is 8.27. The zero-order valence-electron chi connectivity index (χ0n) is 13.3. The second-order valence-electron chi connectivity index (χ2n) is 5.79. The van der Waals surface area contributed by atoms with Crippen LogP contribution in [0.2, 0.25) is 0 Å². The molecule has 2 rings (SSSR count). The molecule has 1 aliphatic rings. The molecule has 0 spiro atoms. The molecule has 116 valence electrons. The van der Waals surface area contributed by atoms with Gasteiger partial charge in [0, 0.05) is 30.9 Å². The number of rotatable bonds is 6. The average molecular weight is 289 g/mol. The third-order valence-corrected chi connectivity index (χ3v) is 4.07. The van der Waals surface area contributed by atoms with Crippen LogP contribution in [-0.4, -0.2) is 34.9 Å².